The van der Waals surface area contributed by atoms with E-state index in [-0.39, 0.29) is 23.6 Å². The summed E-state index contributed by atoms with van der Waals surface area (Å²) >= 11 is 6.30. The fourth-order valence-corrected chi connectivity index (χ4v) is 4.74. The quantitative estimate of drug-likeness (QED) is 0.328. The van der Waals surface area contributed by atoms with Crippen molar-refractivity contribution in [2.45, 2.75) is 39.7 Å². The summed E-state index contributed by atoms with van der Waals surface area (Å²) < 4.78 is 24.7. The molecule has 2 aromatic carbocycles. The van der Waals surface area contributed by atoms with Gasteiger partial charge in [-0.2, -0.15) is 0 Å². The maximum Gasteiger partial charge on any atom is 0.310 e. The highest BCUT2D eigenvalue weighted by atomic mass is 35.5. The predicted octanol–water partition coefficient (Wildman–Crippen LogP) is 5.57. The van der Waals surface area contributed by atoms with Crippen LogP contribution in [0.2, 0.25) is 5.15 Å². The van der Waals surface area contributed by atoms with Crippen LogP contribution >= 0.6 is 11.6 Å². The van der Waals surface area contributed by atoms with Crippen LogP contribution in [0.3, 0.4) is 0 Å². The summed E-state index contributed by atoms with van der Waals surface area (Å²) in [5.74, 6) is -0.564. The van der Waals surface area contributed by atoms with Crippen molar-refractivity contribution in [3.05, 3.63) is 59.0 Å². The van der Waals surface area contributed by atoms with Crippen LogP contribution in [0.1, 0.15) is 32.3 Å². The molecule has 2 heterocycles. The van der Waals surface area contributed by atoms with E-state index in [1.165, 1.54) is 12.1 Å². The number of pyridine rings is 1. The first-order valence-electron chi connectivity index (χ1n) is 11.8. The van der Waals surface area contributed by atoms with Gasteiger partial charge in [-0.1, -0.05) is 17.7 Å². The number of carbonyl (C=O) groups is 2. The molecule has 1 aromatic heterocycles. The van der Waals surface area contributed by atoms with Crippen LogP contribution in [-0.2, 0) is 14.3 Å². The summed E-state index contributed by atoms with van der Waals surface area (Å²) in [6.45, 7) is 6.55. The molecule has 0 unspecified atom stereocenters. The lowest BCUT2D eigenvalue weighted by molar-refractivity contribution is -0.152. The molecule has 0 spiro atoms. The lowest BCUT2D eigenvalue weighted by Crippen LogP contribution is -2.47. The molecule has 0 saturated carbocycles. The Morgan fingerprint density at radius 2 is 2.00 bits per heavy atom. The Bertz CT molecular complexity index is 1270. The minimum Gasteiger partial charge on any atom is -0.481 e. The number of likely N-dealkylation sites (tertiary alicyclic amines) is 1. The van der Waals surface area contributed by atoms with Crippen LogP contribution in [0.5, 0.6) is 5.75 Å². The molecule has 6 nitrogen and oxygen atoms in total. The second-order valence-electron chi connectivity index (χ2n) is 8.77. The molecular formula is C27H28ClFN2O4. The lowest BCUT2D eigenvalue weighted by Gasteiger charge is -2.33. The second-order valence-corrected chi connectivity index (χ2v) is 9.15. The van der Waals surface area contributed by atoms with Gasteiger partial charge >= 0.3 is 5.97 Å². The maximum absolute atomic E-state index is 13.6. The van der Waals surface area contributed by atoms with Gasteiger partial charge < -0.3 is 14.4 Å². The number of rotatable bonds is 6. The zero-order valence-corrected chi connectivity index (χ0v) is 20.8. The lowest BCUT2D eigenvalue weighted by atomic mass is 9.97. The topological polar surface area (TPSA) is 68.7 Å². The third-order valence-corrected chi connectivity index (χ3v) is 6.44. The molecule has 3 aromatic rings. The average molecular weight is 499 g/mol. The molecule has 35 heavy (non-hydrogen) atoms. The van der Waals surface area contributed by atoms with Crippen molar-refractivity contribution in [3.8, 4) is 16.9 Å². The summed E-state index contributed by atoms with van der Waals surface area (Å²) in [5.41, 5.74) is 3.09. The van der Waals surface area contributed by atoms with E-state index >= 15 is 0 Å². The molecule has 1 saturated heterocycles. The number of amides is 1. The second kappa shape index (κ2) is 10.6. The first-order valence-corrected chi connectivity index (χ1v) is 12.1. The van der Waals surface area contributed by atoms with Crippen molar-refractivity contribution in [2.24, 2.45) is 5.92 Å². The summed E-state index contributed by atoms with van der Waals surface area (Å²) in [6, 6.07) is 11.8. The largest absolute Gasteiger partial charge is 0.481 e. The fourth-order valence-electron chi connectivity index (χ4n) is 4.54. The molecule has 0 aliphatic carbocycles. The van der Waals surface area contributed by atoms with E-state index in [2.05, 4.69) is 4.98 Å². The first-order chi connectivity index (χ1) is 16.8. The van der Waals surface area contributed by atoms with E-state index in [9.17, 15) is 14.0 Å². The molecule has 1 fully saturated rings. The van der Waals surface area contributed by atoms with Crippen molar-refractivity contribution in [1.82, 2.24) is 9.88 Å². The Balaban J connectivity index is 1.54. The number of carbonyl (C=O) groups excluding carboxylic acids is 2. The molecule has 1 aliphatic rings. The van der Waals surface area contributed by atoms with Crippen LogP contribution < -0.4 is 4.74 Å². The molecule has 1 amide bonds. The number of ether oxygens (including phenoxy) is 2. The maximum atomic E-state index is 13.6. The van der Waals surface area contributed by atoms with Gasteiger partial charge in [-0.3, -0.25) is 9.59 Å². The molecule has 2 atom stereocenters. The molecule has 0 bridgehead atoms. The summed E-state index contributed by atoms with van der Waals surface area (Å²) in [5, 5.41) is 1.14. The van der Waals surface area contributed by atoms with Gasteiger partial charge in [-0.05, 0) is 80.6 Å². The van der Waals surface area contributed by atoms with Crippen molar-refractivity contribution in [3.63, 3.8) is 0 Å². The van der Waals surface area contributed by atoms with E-state index in [1.54, 1.807) is 43.0 Å². The number of piperidine rings is 1. The van der Waals surface area contributed by atoms with Crippen LogP contribution in [0.15, 0.2) is 42.5 Å². The van der Waals surface area contributed by atoms with Gasteiger partial charge in [0.2, 0.25) is 0 Å². The van der Waals surface area contributed by atoms with Crippen LogP contribution in [0, 0.1) is 18.7 Å². The molecule has 4 rings (SSSR count). The fraction of sp³-hybridized carbons (Fsp3) is 0.370. The molecule has 1 aliphatic heterocycles. The van der Waals surface area contributed by atoms with E-state index in [4.69, 9.17) is 21.1 Å². The van der Waals surface area contributed by atoms with Crippen molar-refractivity contribution >= 4 is 34.4 Å². The van der Waals surface area contributed by atoms with Gasteiger partial charge in [0, 0.05) is 24.5 Å². The molecule has 184 valence electrons. The minimum atomic E-state index is -0.744. The Hall–Kier alpha value is -3.19. The van der Waals surface area contributed by atoms with Gasteiger partial charge in [0.1, 0.15) is 16.7 Å². The standard InChI is InChI=1S/C27H28ClFN2O4/c1-4-34-27(33)18-6-5-11-31(15-18)26(32)17(3)35-20-8-10-22-23(14-25(28)30-24(22)13-20)21-9-7-19(29)12-16(21)2/h7-10,12-14,17-18H,4-6,11,15H2,1-3H3/t17-,18+/m1/s1. The van der Waals surface area contributed by atoms with Gasteiger partial charge in [0.25, 0.3) is 5.91 Å². The molecule has 8 heteroatoms. The van der Waals surface area contributed by atoms with Gasteiger partial charge in [0.15, 0.2) is 6.10 Å². The van der Waals surface area contributed by atoms with Crippen molar-refractivity contribution < 1.29 is 23.5 Å². The molecular weight excluding hydrogens is 471 g/mol. The SMILES string of the molecule is CCOC(=O)[C@H]1CCCN(C(=O)[C@@H](C)Oc2ccc3c(-c4ccc(F)cc4C)cc(Cl)nc3c2)C1. The Morgan fingerprint density at radius 3 is 2.74 bits per heavy atom. The van der Waals surface area contributed by atoms with Crippen molar-refractivity contribution in [2.75, 3.05) is 19.7 Å². The summed E-state index contributed by atoms with van der Waals surface area (Å²) in [6.07, 6.45) is 0.711. The van der Waals surface area contributed by atoms with E-state index < -0.39 is 6.10 Å². The highest BCUT2D eigenvalue weighted by Crippen LogP contribution is 2.34. The van der Waals surface area contributed by atoms with Crippen LogP contribution in [0.25, 0.3) is 22.0 Å². The highest BCUT2D eigenvalue weighted by Gasteiger charge is 2.32. The van der Waals surface area contributed by atoms with Gasteiger partial charge in [-0.25, -0.2) is 9.37 Å². The average Bonchev–Trinajstić information content (AvgIpc) is 2.83. The minimum absolute atomic E-state index is 0.180. The predicted molar refractivity (Wildman–Crippen MR) is 133 cm³/mol. The number of esters is 1. The van der Waals surface area contributed by atoms with Gasteiger partial charge in [-0.15, -0.1) is 0 Å². The van der Waals surface area contributed by atoms with E-state index in [0.717, 1.165) is 28.5 Å². The number of nitrogens with zero attached hydrogens (tertiary/aromatic N) is 2. The number of fused-ring (bicyclic) bond motifs is 1. The summed E-state index contributed by atoms with van der Waals surface area (Å²) in [4.78, 5) is 31.2. The van der Waals surface area contributed by atoms with E-state index in [1.807, 2.05) is 13.0 Å². The third kappa shape index (κ3) is 5.56. The molecule has 0 radical (unpaired) electrons. The van der Waals surface area contributed by atoms with E-state index in [0.29, 0.717) is 42.5 Å². The van der Waals surface area contributed by atoms with Gasteiger partial charge in [0.05, 0.1) is 18.0 Å². The zero-order chi connectivity index (χ0) is 25.1. The zero-order valence-electron chi connectivity index (χ0n) is 20.0. The Morgan fingerprint density at radius 1 is 1.20 bits per heavy atom. The number of aryl methyl sites for hydroxylation is 1. The smallest absolute Gasteiger partial charge is 0.310 e. The highest BCUT2D eigenvalue weighted by molar-refractivity contribution is 6.30. The number of hydrogen-bond acceptors (Lipinski definition) is 5. The van der Waals surface area contributed by atoms with Crippen LogP contribution in [-0.4, -0.2) is 47.6 Å². The number of halogens is 2. The normalized spacial score (nSPS) is 16.7. The van der Waals surface area contributed by atoms with Crippen LogP contribution in [0.4, 0.5) is 4.39 Å². The number of hydrogen-bond donors (Lipinski definition) is 0. The monoisotopic (exact) mass is 498 g/mol. The number of aromatic nitrogens is 1. The van der Waals surface area contributed by atoms with Crippen molar-refractivity contribution in [1.29, 1.82) is 0 Å². The summed E-state index contributed by atoms with van der Waals surface area (Å²) in [7, 11) is 0. The Labute approximate surface area is 209 Å². The first kappa shape index (κ1) is 24.9. The number of benzene rings is 2. The molecule has 0 N–H and O–H groups in total. The Kier molecular flexibility index (Phi) is 7.55. The third-order valence-electron chi connectivity index (χ3n) is 6.24.